The van der Waals surface area contributed by atoms with Crippen molar-refractivity contribution < 1.29 is 28.7 Å². The molecule has 0 radical (unpaired) electrons. The van der Waals surface area contributed by atoms with E-state index in [0.29, 0.717) is 12.2 Å². The lowest BCUT2D eigenvalue weighted by Gasteiger charge is -2.00. The minimum absolute atomic E-state index is 0.195. The number of esters is 4. The van der Waals surface area contributed by atoms with E-state index >= 15 is 0 Å². The third-order valence-corrected chi connectivity index (χ3v) is 2.76. The Morgan fingerprint density at radius 2 is 0.917 bits per heavy atom. The summed E-state index contributed by atoms with van der Waals surface area (Å²) >= 11 is 0. The average Bonchev–Trinajstić information content (AvgIpc) is 2.61. The molecule has 2 aromatic rings. The van der Waals surface area contributed by atoms with Crippen LogP contribution in [0.2, 0.25) is 0 Å². The van der Waals surface area contributed by atoms with Crippen molar-refractivity contribution >= 4 is 23.9 Å². The highest BCUT2D eigenvalue weighted by atomic mass is 16.6. The van der Waals surface area contributed by atoms with E-state index < -0.39 is 23.9 Å². The summed E-state index contributed by atoms with van der Waals surface area (Å²) in [7, 11) is 0. The fourth-order valence-electron chi connectivity index (χ4n) is 1.65. The van der Waals surface area contributed by atoms with Crippen molar-refractivity contribution in [2.45, 2.75) is 0 Å². The van der Waals surface area contributed by atoms with E-state index in [-0.39, 0.29) is 11.1 Å². The molecule has 0 aliphatic heterocycles. The van der Waals surface area contributed by atoms with Crippen LogP contribution in [0.25, 0.3) is 0 Å². The fourth-order valence-corrected chi connectivity index (χ4v) is 1.65. The number of carbonyl (C=O) groups is 4. The Morgan fingerprint density at radius 3 is 1.25 bits per heavy atom. The first-order chi connectivity index (χ1) is 11.6. The first-order valence-corrected chi connectivity index (χ1v) is 6.87. The minimum Gasteiger partial charge on any atom is -0.386 e. The van der Waals surface area contributed by atoms with E-state index in [1.54, 1.807) is 36.4 Å². The third-order valence-electron chi connectivity index (χ3n) is 2.76. The third kappa shape index (κ3) is 5.03. The van der Waals surface area contributed by atoms with Crippen LogP contribution in [-0.4, -0.2) is 23.9 Å². The minimum atomic E-state index is -1.05. The Hall–Kier alpha value is -3.54. The standard InChI is InChI=1S/C18H12O6/c19-15(23-17(21)13-7-3-1-4-8-13)11-12-16(20)24-18(22)14-9-5-2-6-10-14/h1-12H/b12-11+. The lowest BCUT2D eigenvalue weighted by Crippen LogP contribution is -2.13. The van der Waals surface area contributed by atoms with Gasteiger partial charge in [0.25, 0.3) is 0 Å². The maximum Gasteiger partial charge on any atom is 0.346 e. The molecule has 0 aliphatic carbocycles. The van der Waals surface area contributed by atoms with Gasteiger partial charge in [0, 0.05) is 12.2 Å². The zero-order chi connectivity index (χ0) is 17.4. The Kier molecular flexibility index (Phi) is 5.74. The SMILES string of the molecule is O=C(/C=C/C(=O)OC(=O)c1ccccc1)OC(=O)c1ccccc1. The van der Waals surface area contributed by atoms with Crippen molar-refractivity contribution in [2.75, 3.05) is 0 Å². The van der Waals surface area contributed by atoms with Crippen molar-refractivity contribution in [1.29, 1.82) is 0 Å². The van der Waals surface area contributed by atoms with Crippen LogP contribution in [0, 0.1) is 0 Å². The maximum atomic E-state index is 11.6. The van der Waals surface area contributed by atoms with Crippen molar-refractivity contribution in [3.05, 3.63) is 83.9 Å². The summed E-state index contributed by atoms with van der Waals surface area (Å²) in [6.45, 7) is 0. The van der Waals surface area contributed by atoms with Crippen molar-refractivity contribution in [3.63, 3.8) is 0 Å². The molecule has 6 nitrogen and oxygen atoms in total. The van der Waals surface area contributed by atoms with E-state index in [1.807, 2.05) is 0 Å². The van der Waals surface area contributed by atoms with Gasteiger partial charge in [0.1, 0.15) is 0 Å². The first-order valence-electron chi connectivity index (χ1n) is 6.87. The van der Waals surface area contributed by atoms with Gasteiger partial charge in [-0.05, 0) is 24.3 Å². The molecule has 0 atom stereocenters. The topological polar surface area (TPSA) is 86.7 Å². The smallest absolute Gasteiger partial charge is 0.346 e. The molecule has 2 aromatic carbocycles. The van der Waals surface area contributed by atoms with Crippen LogP contribution in [0.1, 0.15) is 20.7 Å². The summed E-state index contributed by atoms with van der Waals surface area (Å²) in [5.74, 6) is -3.79. The number of rotatable bonds is 4. The molecule has 0 amide bonds. The molecule has 24 heavy (non-hydrogen) atoms. The molecule has 120 valence electrons. The summed E-state index contributed by atoms with van der Waals surface area (Å²) < 4.78 is 9.04. The first kappa shape index (κ1) is 16.8. The van der Waals surface area contributed by atoms with E-state index in [2.05, 4.69) is 9.47 Å². The molecular formula is C18H12O6. The van der Waals surface area contributed by atoms with Crippen LogP contribution >= 0.6 is 0 Å². The van der Waals surface area contributed by atoms with E-state index in [0.717, 1.165) is 0 Å². The largest absolute Gasteiger partial charge is 0.386 e. The molecule has 6 heteroatoms. The monoisotopic (exact) mass is 324 g/mol. The zero-order valence-corrected chi connectivity index (χ0v) is 12.4. The van der Waals surface area contributed by atoms with Crippen LogP contribution in [0.15, 0.2) is 72.8 Å². The molecule has 0 heterocycles. The molecule has 0 unspecified atom stereocenters. The number of hydrogen-bond donors (Lipinski definition) is 0. The Labute approximate surface area is 137 Å². The molecule has 0 spiro atoms. The van der Waals surface area contributed by atoms with E-state index in [1.165, 1.54) is 24.3 Å². The molecule has 0 saturated heterocycles. The van der Waals surface area contributed by atoms with Crippen LogP contribution in [0.4, 0.5) is 0 Å². The molecule has 0 aliphatic rings. The highest BCUT2D eigenvalue weighted by Gasteiger charge is 2.13. The number of ether oxygens (including phenoxy) is 2. The van der Waals surface area contributed by atoms with Gasteiger partial charge in [0.15, 0.2) is 0 Å². The maximum absolute atomic E-state index is 11.6. The quantitative estimate of drug-likeness (QED) is 0.487. The summed E-state index contributed by atoms with van der Waals surface area (Å²) in [5, 5.41) is 0. The molecule has 0 saturated carbocycles. The molecule has 2 rings (SSSR count). The molecule has 0 fully saturated rings. The summed E-state index contributed by atoms with van der Waals surface area (Å²) in [5.41, 5.74) is 0.391. The van der Waals surface area contributed by atoms with Crippen LogP contribution < -0.4 is 0 Å². The summed E-state index contributed by atoms with van der Waals surface area (Å²) in [4.78, 5) is 46.2. The zero-order valence-electron chi connectivity index (χ0n) is 12.4. The van der Waals surface area contributed by atoms with Gasteiger partial charge in [-0.1, -0.05) is 36.4 Å². The van der Waals surface area contributed by atoms with Crippen molar-refractivity contribution in [3.8, 4) is 0 Å². The fraction of sp³-hybridized carbons (Fsp3) is 0. The highest BCUT2D eigenvalue weighted by Crippen LogP contribution is 2.03. The predicted octanol–water partition coefficient (Wildman–Crippen LogP) is 2.31. The molecule has 0 N–H and O–H groups in total. The predicted molar refractivity (Wildman–Crippen MR) is 82.9 cm³/mol. The number of hydrogen-bond acceptors (Lipinski definition) is 6. The van der Waals surface area contributed by atoms with Gasteiger partial charge >= 0.3 is 23.9 Å². The molecular weight excluding hydrogens is 312 g/mol. The summed E-state index contributed by atoms with van der Waals surface area (Å²) in [6.07, 6.45) is 1.42. The van der Waals surface area contributed by atoms with Gasteiger partial charge in [0.05, 0.1) is 11.1 Å². The van der Waals surface area contributed by atoms with Gasteiger partial charge in [0.2, 0.25) is 0 Å². The van der Waals surface area contributed by atoms with E-state index in [4.69, 9.17) is 0 Å². The molecule has 0 aromatic heterocycles. The van der Waals surface area contributed by atoms with Crippen LogP contribution in [-0.2, 0) is 19.1 Å². The summed E-state index contributed by atoms with van der Waals surface area (Å²) in [6, 6.07) is 15.8. The van der Waals surface area contributed by atoms with Crippen LogP contribution in [0.5, 0.6) is 0 Å². The van der Waals surface area contributed by atoms with Gasteiger partial charge < -0.3 is 9.47 Å². The van der Waals surface area contributed by atoms with E-state index in [9.17, 15) is 19.2 Å². The Balaban J connectivity index is 1.86. The average molecular weight is 324 g/mol. The lowest BCUT2D eigenvalue weighted by atomic mass is 10.2. The second-order valence-electron chi connectivity index (χ2n) is 4.48. The van der Waals surface area contributed by atoms with Crippen molar-refractivity contribution in [2.24, 2.45) is 0 Å². The number of benzene rings is 2. The van der Waals surface area contributed by atoms with Gasteiger partial charge in [-0.3, -0.25) is 0 Å². The second-order valence-corrected chi connectivity index (χ2v) is 4.48. The van der Waals surface area contributed by atoms with Gasteiger partial charge in [-0.15, -0.1) is 0 Å². The highest BCUT2D eigenvalue weighted by molar-refractivity contribution is 6.04. The molecule has 0 bridgehead atoms. The van der Waals surface area contributed by atoms with Crippen LogP contribution in [0.3, 0.4) is 0 Å². The second kappa shape index (κ2) is 8.19. The number of carbonyl (C=O) groups excluding carboxylic acids is 4. The van der Waals surface area contributed by atoms with Gasteiger partial charge in [-0.2, -0.15) is 0 Å². The Bertz CT molecular complexity index is 710. The normalized spacial score (nSPS) is 10.2. The Morgan fingerprint density at radius 1 is 0.583 bits per heavy atom. The van der Waals surface area contributed by atoms with Crippen molar-refractivity contribution in [1.82, 2.24) is 0 Å². The van der Waals surface area contributed by atoms with Gasteiger partial charge in [-0.25, -0.2) is 19.2 Å². The lowest BCUT2D eigenvalue weighted by molar-refractivity contribution is -0.135.